The third kappa shape index (κ3) is 4.45. The molecule has 5 aromatic rings. The molecule has 5 rings (SSSR count). The Morgan fingerprint density at radius 1 is 1.09 bits per heavy atom. The summed E-state index contributed by atoms with van der Waals surface area (Å²) in [5.74, 6) is 1.34. The van der Waals surface area contributed by atoms with Crippen LogP contribution in [0.1, 0.15) is 11.4 Å². The molecule has 0 fully saturated rings. The average molecular weight is 474 g/mol. The molecule has 0 bridgehead atoms. The summed E-state index contributed by atoms with van der Waals surface area (Å²) in [5.41, 5.74) is 1.03. The van der Waals surface area contributed by atoms with Gasteiger partial charge in [0.1, 0.15) is 23.8 Å². The number of hydrogen-bond acceptors (Lipinski definition) is 6. The van der Waals surface area contributed by atoms with E-state index in [4.69, 9.17) is 9.15 Å². The van der Waals surface area contributed by atoms with E-state index in [1.54, 1.807) is 18.2 Å². The van der Waals surface area contributed by atoms with Gasteiger partial charge in [-0.15, -0.1) is 16.8 Å². The standard InChI is InChI=1S/C26H20FN3O3S/c1-2-13-30-23(15-32-20-10-8-19(27)9-11-20)28-29-26(30)34-16-18-14-24(31)33-22-12-7-17-5-3-4-6-21(17)25(18)22/h2-12,14H,1,13,15-16H2. The van der Waals surface area contributed by atoms with Gasteiger partial charge in [0.05, 0.1) is 0 Å². The maximum absolute atomic E-state index is 13.1. The molecule has 6 nitrogen and oxygen atoms in total. The number of nitrogens with zero attached hydrogens (tertiary/aromatic N) is 3. The monoisotopic (exact) mass is 473 g/mol. The van der Waals surface area contributed by atoms with Crippen LogP contribution in [-0.2, 0) is 18.9 Å². The molecule has 8 heteroatoms. The Balaban J connectivity index is 1.43. The summed E-state index contributed by atoms with van der Waals surface area (Å²) < 4.78 is 26.2. The second kappa shape index (κ2) is 9.52. The molecule has 0 N–H and O–H groups in total. The lowest BCUT2D eigenvalue weighted by Gasteiger charge is -2.10. The number of fused-ring (bicyclic) bond motifs is 3. The molecular formula is C26H20FN3O3S. The van der Waals surface area contributed by atoms with Crippen LogP contribution in [0.3, 0.4) is 0 Å². The number of benzene rings is 3. The second-order valence-electron chi connectivity index (χ2n) is 7.58. The molecule has 0 aliphatic carbocycles. The molecule has 0 saturated carbocycles. The molecule has 0 unspecified atom stereocenters. The second-order valence-corrected chi connectivity index (χ2v) is 8.52. The Bertz CT molecular complexity index is 1540. The van der Waals surface area contributed by atoms with Gasteiger partial charge < -0.3 is 9.15 Å². The lowest BCUT2D eigenvalue weighted by Crippen LogP contribution is -2.07. The molecule has 0 saturated heterocycles. The van der Waals surface area contributed by atoms with Gasteiger partial charge in [0.2, 0.25) is 0 Å². The summed E-state index contributed by atoms with van der Waals surface area (Å²) in [6.45, 7) is 4.50. The van der Waals surface area contributed by atoms with E-state index in [1.807, 2.05) is 41.0 Å². The highest BCUT2D eigenvalue weighted by atomic mass is 32.2. The number of rotatable bonds is 8. The highest BCUT2D eigenvalue weighted by Gasteiger charge is 2.15. The molecule has 0 atom stereocenters. The summed E-state index contributed by atoms with van der Waals surface area (Å²) in [6, 6.07) is 19.1. The third-order valence-electron chi connectivity index (χ3n) is 5.36. The largest absolute Gasteiger partial charge is 0.486 e. The van der Waals surface area contributed by atoms with Gasteiger partial charge in [-0.2, -0.15) is 0 Å². The Morgan fingerprint density at radius 3 is 2.74 bits per heavy atom. The fraction of sp³-hybridized carbons (Fsp3) is 0.115. The van der Waals surface area contributed by atoms with Crippen LogP contribution in [0.2, 0.25) is 0 Å². The number of ether oxygens (including phenoxy) is 1. The highest BCUT2D eigenvalue weighted by Crippen LogP contribution is 2.31. The number of hydrogen-bond donors (Lipinski definition) is 0. The van der Waals surface area contributed by atoms with E-state index in [0.29, 0.717) is 34.6 Å². The third-order valence-corrected chi connectivity index (χ3v) is 6.37. The zero-order chi connectivity index (χ0) is 23.5. The molecule has 0 aliphatic rings. The van der Waals surface area contributed by atoms with Crippen molar-refractivity contribution >= 4 is 33.5 Å². The van der Waals surface area contributed by atoms with Crippen LogP contribution in [-0.4, -0.2) is 14.8 Å². The van der Waals surface area contributed by atoms with Crippen LogP contribution in [0.4, 0.5) is 4.39 Å². The fourth-order valence-electron chi connectivity index (χ4n) is 3.80. The first kappa shape index (κ1) is 21.9. The van der Waals surface area contributed by atoms with Crippen LogP contribution in [0.15, 0.2) is 93.8 Å². The van der Waals surface area contributed by atoms with Gasteiger partial charge in [0.15, 0.2) is 11.0 Å². The van der Waals surface area contributed by atoms with Gasteiger partial charge in [0, 0.05) is 23.8 Å². The number of allylic oxidation sites excluding steroid dienone is 1. The highest BCUT2D eigenvalue weighted by molar-refractivity contribution is 7.98. The van der Waals surface area contributed by atoms with Gasteiger partial charge in [-0.3, -0.25) is 4.57 Å². The summed E-state index contributed by atoms with van der Waals surface area (Å²) in [5, 5.41) is 12.3. The van der Waals surface area contributed by atoms with Crippen LogP contribution in [0.5, 0.6) is 5.75 Å². The van der Waals surface area contributed by atoms with Gasteiger partial charge in [-0.1, -0.05) is 48.2 Å². The van der Waals surface area contributed by atoms with Crippen LogP contribution in [0.25, 0.3) is 21.7 Å². The quantitative estimate of drug-likeness (QED) is 0.124. The molecule has 2 heterocycles. The van der Waals surface area contributed by atoms with Crippen LogP contribution >= 0.6 is 11.8 Å². The summed E-state index contributed by atoms with van der Waals surface area (Å²) in [4.78, 5) is 12.2. The normalized spacial score (nSPS) is 11.2. The maximum atomic E-state index is 13.1. The van der Waals surface area contributed by atoms with Gasteiger partial charge >= 0.3 is 5.63 Å². The van der Waals surface area contributed by atoms with E-state index in [9.17, 15) is 9.18 Å². The van der Waals surface area contributed by atoms with E-state index in [1.165, 1.54) is 30.0 Å². The van der Waals surface area contributed by atoms with Crippen LogP contribution in [0, 0.1) is 5.82 Å². The average Bonchev–Trinajstić information content (AvgIpc) is 3.23. The lowest BCUT2D eigenvalue weighted by molar-refractivity contribution is 0.288. The summed E-state index contributed by atoms with van der Waals surface area (Å²) in [6.07, 6.45) is 1.76. The molecule has 0 aliphatic heterocycles. The first-order chi connectivity index (χ1) is 16.6. The predicted octanol–water partition coefficient (Wildman–Crippen LogP) is 5.73. The predicted molar refractivity (Wildman–Crippen MR) is 131 cm³/mol. The smallest absolute Gasteiger partial charge is 0.336 e. The minimum absolute atomic E-state index is 0.176. The van der Waals surface area contributed by atoms with Crippen molar-refractivity contribution in [1.82, 2.24) is 14.8 Å². The topological polar surface area (TPSA) is 70.2 Å². The zero-order valence-electron chi connectivity index (χ0n) is 18.1. The van der Waals surface area contributed by atoms with Crippen molar-refractivity contribution in [1.29, 1.82) is 0 Å². The molecule has 170 valence electrons. The van der Waals surface area contributed by atoms with Gasteiger partial charge in [-0.25, -0.2) is 9.18 Å². The van der Waals surface area contributed by atoms with Crippen molar-refractivity contribution in [2.24, 2.45) is 0 Å². The van der Waals surface area contributed by atoms with Gasteiger partial charge in [-0.05, 0) is 46.7 Å². The number of thioether (sulfide) groups is 1. The maximum Gasteiger partial charge on any atom is 0.336 e. The van der Waals surface area contributed by atoms with Crippen molar-refractivity contribution in [3.63, 3.8) is 0 Å². The van der Waals surface area contributed by atoms with Gasteiger partial charge in [0.25, 0.3) is 0 Å². The number of aromatic nitrogens is 3. The first-order valence-corrected chi connectivity index (χ1v) is 11.6. The van der Waals surface area contributed by atoms with Crippen LogP contribution < -0.4 is 10.4 Å². The minimum Gasteiger partial charge on any atom is -0.486 e. The lowest BCUT2D eigenvalue weighted by atomic mass is 10.0. The van der Waals surface area contributed by atoms with E-state index in [0.717, 1.165) is 21.7 Å². The van der Waals surface area contributed by atoms with E-state index >= 15 is 0 Å². The Hall–Kier alpha value is -3.91. The Labute approximate surface area is 198 Å². The van der Waals surface area contributed by atoms with Crippen molar-refractivity contribution in [3.8, 4) is 5.75 Å². The Kier molecular flexibility index (Phi) is 6.14. The molecule has 2 aromatic heterocycles. The van der Waals surface area contributed by atoms with E-state index < -0.39 is 0 Å². The molecule has 34 heavy (non-hydrogen) atoms. The number of halogens is 1. The fourth-order valence-corrected chi connectivity index (χ4v) is 4.75. The molecule has 0 spiro atoms. The van der Waals surface area contributed by atoms with Crippen molar-refractivity contribution in [2.75, 3.05) is 0 Å². The van der Waals surface area contributed by atoms with Crippen molar-refractivity contribution < 1.29 is 13.5 Å². The molecule has 3 aromatic carbocycles. The Morgan fingerprint density at radius 2 is 1.91 bits per heavy atom. The van der Waals surface area contributed by atoms with Crippen molar-refractivity contribution in [2.45, 2.75) is 24.1 Å². The minimum atomic E-state index is -0.390. The summed E-state index contributed by atoms with van der Waals surface area (Å²) in [7, 11) is 0. The molecule has 0 amide bonds. The van der Waals surface area contributed by atoms with E-state index in [2.05, 4.69) is 16.8 Å². The first-order valence-electron chi connectivity index (χ1n) is 10.6. The molecular weight excluding hydrogens is 453 g/mol. The molecule has 0 radical (unpaired) electrons. The van der Waals surface area contributed by atoms with Crippen molar-refractivity contribution in [3.05, 3.63) is 107 Å². The van der Waals surface area contributed by atoms with E-state index in [-0.39, 0.29) is 18.0 Å². The zero-order valence-corrected chi connectivity index (χ0v) is 18.9. The SMILES string of the molecule is C=CCn1c(COc2ccc(F)cc2)nnc1SCc1cc(=O)oc2ccc3ccccc3c12. The summed E-state index contributed by atoms with van der Waals surface area (Å²) >= 11 is 1.47.